The number of aryl methyl sites for hydroxylation is 2. The van der Waals surface area contributed by atoms with Crippen LogP contribution in [-0.4, -0.2) is 25.8 Å². The topological polar surface area (TPSA) is 116 Å². The van der Waals surface area contributed by atoms with E-state index in [1.165, 1.54) is 6.26 Å². The number of carbonyl (C=O) groups is 1. The first kappa shape index (κ1) is 19.8. The van der Waals surface area contributed by atoms with E-state index in [1.54, 1.807) is 39.2 Å². The Morgan fingerprint density at radius 1 is 1.33 bits per heavy atom. The smallest absolute Gasteiger partial charge is 0.274 e. The van der Waals surface area contributed by atoms with Crippen LogP contribution in [-0.2, 0) is 16.9 Å². The summed E-state index contributed by atoms with van der Waals surface area (Å²) >= 11 is 0. The normalized spacial score (nSPS) is 13.0. The predicted molar refractivity (Wildman–Crippen MR) is 101 cm³/mol. The van der Waals surface area contributed by atoms with E-state index in [1.807, 2.05) is 6.92 Å². The van der Waals surface area contributed by atoms with Crippen molar-refractivity contribution in [1.29, 1.82) is 0 Å². The SMILES string of the molecule is C#CC(C)(O/C=C\C)c1nc(N)c(C(=O)NCc2nccnc2C)nc1C. The molecule has 2 rings (SSSR count). The summed E-state index contributed by atoms with van der Waals surface area (Å²) in [6, 6.07) is 0. The van der Waals surface area contributed by atoms with Crippen LogP contribution in [0.15, 0.2) is 24.7 Å². The number of terminal acetylenes is 1. The number of nitrogens with two attached hydrogens (primary N) is 1. The maximum atomic E-state index is 12.5. The molecular formula is C19H22N6O2. The Balaban J connectivity index is 2.27. The fourth-order valence-electron chi connectivity index (χ4n) is 2.37. The minimum absolute atomic E-state index is 0.0169. The van der Waals surface area contributed by atoms with Gasteiger partial charge in [0.2, 0.25) is 5.60 Å². The van der Waals surface area contributed by atoms with Crippen molar-refractivity contribution in [2.24, 2.45) is 0 Å². The Morgan fingerprint density at radius 3 is 2.67 bits per heavy atom. The molecule has 3 N–H and O–H groups in total. The highest BCUT2D eigenvalue weighted by Gasteiger charge is 2.31. The minimum Gasteiger partial charge on any atom is -0.477 e. The number of aromatic nitrogens is 4. The van der Waals surface area contributed by atoms with Gasteiger partial charge in [0.25, 0.3) is 5.91 Å². The van der Waals surface area contributed by atoms with Crippen molar-refractivity contribution in [3.05, 3.63) is 53.2 Å². The summed E-state index contributed by atoms with van der Waals surface area (Å²) in [6.45, 7) is 7.19. The number of carbonyl (C=O) groups excluding carboxylic acids is 1. The van der Waals surface area contributed by atoms with Gasteiger partial charge in [0.05, 0.1) is 29.9 Å². The molecule has 8 nitrogen and oxygen atoms in total. The number of nitrogens with one attached hydrogen (secondary N) is 1. The number of ether oxygens (including phenoxy) is 1. The number of hydrogen-bond donors (Lipinski definition) is 2. The number of rotatable bonds is 6. The third-order valence-electron chi connectivity index (χ3n) is 3.88. The number of anilines is 1. The molecule has 2 aromatic rings. The monoisotopic (exact) mass is 366 g/mol. The molecule has 140 valence electrons. The summed E-state index contributed by atoms with van der Waals surface area (Å²) in [5.41, 5.74) is 7.05. The second kappa shape index (κ2) is 8.27. The van der Waals surface area contributed by atoms with Gasteiger partial charge in [-0.1, -0.05) is 12.0 Å². The molecule has 0 aliphatic carbocycles. The van der Waals surface area contributed by atoms with Crippen LogP contribution in [0.4, 0.5) is 5.82 Å². The maximum Gasteiger partial charge on any atom is 0.274 e. The number of hydrogen-bond acceptors (Lipinski definition) is 7. The molecule has 0 aliphatic heterocycles. The first-order chi connectivity index (χ1) is 12.8. The summed E-state index contributed by atoms with van der Waals surface area (Å²) < 4.78 is 5.58. The van der Waals surface area contributed by atoms with E-state index < -0.39 is 11.5 Å². The van der Waals surface area contributed by atoms with Crippen molar-refractivity contribution in [3.63, 3.8) is 0 Å². The van der Waals surface area contributed by atoms with E-state index in [0.717, 1.165) is 5.69 Å². The van der Waals surface area contributed by atoms with Gasteiger partial charge in [-0.2, -0.15) is 0 Å². The fourth-order valence-corrected chi connectivity index (χ4v) is 2.37. The lowest BCUT2D eigenvalue weighted by Crippen LogP contribution is -2.30. The third kappa shape index (κ3) is 4.39. The van der Waals surface area contributed by atoms with Gasteiger partial charge in [-0.25, -0.2) is 9.97 Å². The highest BCUT2D eigenvalue weighted by Crippen LogP contribution is 2.27. The molecule has 1 atom stereocenters. The molecule has 2 heterocycles. The Morgan fingerprint density at radius 2 is 2.04 bits per heavy atom. The lowest BCUT2D eigenvalue weighted by atomic mass is 10.0. The van der Waals surface area contributed by atoms with Gasteiger partial charge in [-0.3, -0.25) is 14.8 Å². The highest BCUT2D eigenvalue weighted by molar-refractivity contribution is 5.96. The van der Waals surface area contributed by atoms with E-state index >= 15 is 0 Å². The molecule has 0 saturated carbocycles. The Bertz CT molecular complexity index is 919. The number of nitrogen functional groups attached to an aromatic ring is 1. The molecule has 8 heteroatoms. The molecule has 27 heavy (non-hydrogen) atoms. The van der Waals surface area contributed by atoms with Gasteiger partial charge in [-0.15, -0.1) is 6.42 Å². The van der Waals surface area contributed by atoms with Crippen molar-refractivity contribution in [1.82, 2.24) is 25.3 Å². The first-order valence-corrected chi connectivity index (χ1v) is 8.28. The van der Waals surface area contributed by atoms with E-state index in [0.29, 0.717) is 17.1 Å². The van der Waals surface area contributed by atoms with E-state index in [4.69, 9.17) is 16.9 Å². The summed E-state index contributed by atoms with van der Waals surface area (Å²) in [5, 5.41) is 2.72. The molecule has 0 radical (unpaired) electrons. The second-order valence-electron chi connectivity index (χ2n) is 5.93. The first-order valence-electron chi connectivity index (χ1n) is 8.28. The zero-order chi connectivity index (χ0) is 20.0. The minimum atomic E-state index is -1.15. The van der Waals surface area contributed by atoms with Crippen LogP contribution in [0.1, 0.15) is 47.1 Å². The van der Waals surface area contributed by atoms with Crippen LogP contribution >= 0.6 is 0 Å². The summed E-state index contributed by atoms with van der Waals surface area (Å²) in [7, 11) is 0. The molecule has 2 aromatic heterocycles. The molecule has 1 unspecified atom stereocenters. The van der Waals surface area contributed by atoms with Crippen molar-refractivity contribution < 1.29 is 9.53 Å². The lowest BCUT2D eigenvalue weighted by molar-refractivity contribution is 0.0882. The van der Waals surface area contributed by atoms with Gasteiger partial charge < -0.3 is 15.8 Å². The van der Waals surface area contributed by atoms with Gasteiger partial charge in [0.1, 0.15) is 5.69 Å². The van der Waals surface area contributed by atoms with Crippen LogP contribution in [0.5, 0.6) is 0 Å². The van der Waals surface area contributed by atoms with Crippen LogP contribution in [0.25, 0.3) is 0 Å². The quantitative estimate of drug-likeness (QED) is 0.591. The molecule has 1 amide bonds. The lowest BCUT2D eigenvalue weighted by Gasteiger charge is -2.24. The third-order valence-corrected chi connectivity index (χ3v) is 3.88. The molecule has 0 aromatic carbocycles. The highest BCUT2D eigenvalue weighted by atomic mass is 16.5. The zero-order valence-electron chi connectivity index (χ0n) is 15.8. The van der Waals surface area contributed by atoms with Gasteiger partial charge in [0, 0.05) is 12.4 Å². The molecule has 0 spiro atoms. The van der Waals surface area contributed by atoms with Crippen molar-refractivity contribution in [2.45, 2.75) is 39.8 Å². The van der Waals surface area contributed by atoms with Crippen LogP contribution < -0.4 is 11.1 Å². The maximum absolute atomic E-state index is 12.5. The fraction of sp³-hybridized carbons (Fsp3) is 0.316. The van der Waals surface area contributed by atoms with E-state index in [2.05, 4.69) is 31.2 Å². The largest absolute Gasteiger partial charge is 0.477 e. The van der Waals surface area contributed by atoms with E-state index in [-0.39, 0.29) is 18.1 Å². The number of amides is 1. The van der Waals surface area contributed by atoms with Gasteiger partial charge in [0.15, 0.2) is 11.5 Å². The second-order valence-corrected chi connectivity index (χ2v) is 5.93. The van der Waals surface area contributed by atoms with Gasteiger partial charge >= 0.3 is 0 Å². The van der Waals surface area contributed by atoms with Crippen LogP contribution in [0.2, 0.25) is 0 Å². The van der Waals surface area contributed by atoms with Crippen molar-refractivity contribution in [3.8, 4) is 12.3 Å². The molecular weight excluding hydrogens is 344 g/mol. The van der Waals surface area contributed by atoms with Crippen molar-refractivity contribution in [2.75, 3.05) is 5.73 Å². The summed E-state index contributed by atoms with van der Waals surface area (Å²) in [5.74, 6) is 2.06. The average molecular weight is 366 g/mol. The molecule has 0 saturated heterocycles. The number of allylic oxidation sites excluding steroid dienone is 1. The van der Waals surface area contributed by atoms with Crippen LogP contribution in [0.3, 0.4) is 0 Å². The summed E-state index contributed by atoms with van der Waals surface area (Å²) in [4.78, 5) is 29.4. The standard InChI is InChI=1S/C19H22N6O2/c1-6-10-27-19(5,7-2)16-13(4)24-15(17(20)25-16)18(26)23-11-14-12(3)21-8-9-22-14/h2,6,8-10H,11H2,1,3-5H3,(H2,20,25)(H,23,26)/b10-6-. The molecule has 0 fully saturated rings. The average Bonchev–Trinajstić information content (AvgIpc) is 2.66. The predicted octanol–water partition coefficient (Wildman–Crippen LogP) is 1.79. The Labute approximate surface area is 158 Å². The Kier molecular flexibility index (Phi) is 6.08. The summed E-state index contributed by atoms with van der Waals surface area (Å²) in [6.07, 6.45) is 11.9. The Hall–Kier alpha value is -3.47. The van der Waals surface area contributed by atoms with E-state index in [9.17, 15) is 4.79 Å². The van der Waals surface area contributed by atoms with Crippen LogP contribution in [0, 0.1) is 26.2 Å². The molecule has 0 aliphatic rings. The number of nitrogens with zero attached hydrogens (tertiary/aromatic N) is 4. The van der Waals surface area contributed by atoms with Gasteiger partial charge in [-0.05, 0) is 27.7 Å². The van der Waals surface area contributed by atoms with Crippen molar-refractivity contribution >= 4 is 11.7 Å². The zero-order valence-corrected chi connectivity index (χ0v) is 15.8. The molecule has 0 bridgehead atoms.